The highest BCUT2D eigenvalue weighted by molar-refractivity contribution is 5.95. The van der Waals surface area contributed by atoms with Crippen molar-refractivity contribution in [2.45, 2.75) is 62.8 Å². The summed E-state index contributed by atoms with van der Waals surface area (Å²) in [6.07, 6.45) is 8.38. The quantitative estimate of drug-likeness (QED) is 0.431. The number of amides is 2. The Morgan fingerprint density at radius 2 is 1.68 bits per heavy atom. The normalized spacial score (nSPS) is 17.9. The molecule has 0 saturated heterocycles. The number of benzene rings is 2. The third kappa shape index (κ3) is 6.10. The zero-order chi connectivity index (χ0) is 23.8. The minimum Gasteiger partial charge on any atom is -0.497 e. The van der Waals surface area contributed by atoms with Crippen molar-refractivity contribution >= 4 is 17.5 Å². The van der Waals surface area contributed by atoms with Crippen molar-refractivity contribution in [2.75, 3.05) is 25.5 Å². The highest BCUT2D eigenvalue weighted by Gasteiger charge is 2.51. The van der Waals surface area contributed by atoms with Gasteiger partial charge in [-0.15, -0.1) is 0 Å². The van der Waals surface area contributed by atoms with E-state index in [0.29, 0.717) is 25.4 Å². The van der Waals surface area contributed by atoms with Crippen molar-refractivity contribution in [3.8, 4) is 5.75 Å². The second-order valence-electron chi connectivity index (χ2n) is 9.66. The van der Waals surface area contributed by atoms with E-state index >= 15 is 0 Å². The summed E-state index contributed by atoms with van der Waals surface area (Å²) >= 11 is 0. The van der Waals surface area contributed by atoms with Crippen molar-refractivity contribution in [2.24, 2.45) is 5.92 Å². The smallest absolute Gasteiger partial charge is 0.242 e. The maximum absolute atomic E-state index is 13.3. The minimum atomic E-state index is -0.488. The lowest BCUT2D eigenvalue weighted by Crippen LogP contribution is -2.51. The van der Waals surface area contributed by atoms with Gasteiger partial charge in [-0.3, -0.25) is 9.59 Å². The largest absolute Gasteiger partial charge is 0.497 e. The molecule has 4 rings (SSSR count). The fraction of sp³-hybridized carbons (Fsp3) is 0.500. The molecule has 2 aromatic rings. The SMILES string of the molecule is COc1ccc(NCCNC(=O)[C@H](CC2CCCCC2)NC(=O)C2(c3ccccc3)CC2)cc1. The van der Waals surface area contributed by atoms with Gasteiger partial charge in [0.15, 0.2) is 0 Å². The van der Waals surface area contributed by atoms with Gasteiger partial charge in [0.25, 0.3) is 0 Å². The third-order valence-corrected chi connectivity index (χ3v) is 7.27. The van der Waals surface area contributed by atoms with E-state index < -0.39 is 11.5 Å². The van der Waals surface area contributed by atoms with Gasteiger partial charge >= 0.3 is 0 Å². The van der Waals surface area contributed by atoms with Crippen LogP contribution in [0.4, 0.5) is 5.69 Å². The first-order chi connectivity index (χ1) is 16.6. The summed E-state index contributed by atoms with van der Waals surface area (Å²) in [7, 11) is 1.64. The first-order valence-corrected chi connectivity index (χ1v) is 12.6. The number of ether oxygens (including phenoxy) is 1. The van der Waals surface area contributed by atoms with Crippen LogP contribution < -0.4 is 20.7 Å². The predicted molar refractivity (Wildman–Crippen MR) is 135 cm³/mol. The van der Waals surface area contributed by atoms with Crippen LogP contribution >= 0.6 is 0 Å². The average molecular weight is 464 g/mol. The van der Waals surface area contributed by atoms with Gasteiger partial charge in [0.05, 0.1) is 12.5 Å². The van der Waals surface area contributed by atoms with E-state index in [2.05, 4.69) is 16.0 Å². The lowest BCUT2D eigenvalue weighted by Gasteiger charge is -2.28. The Morgan fingerprint density at radius 3 is 2.32 bits per heavy atom. The molecule has 0 aliphatic heterocycles. The van der Waals surface area contributed by atoms with Crippen LogP contribution in [0.2, 0.25) is 0 Å². The Balaban J connectivity index is 1.33. The Morgan fingerprint density at radius 1 is 0.971 bits per heavy atom. The molecular formula is C28H37N3O3. The van der Waals surface area contributed by atoms with E-state index in [0.717, 1.165) is 42.7 Å². The second-order valence-corrected chi connectivity index (χ2v) is 9.66. The summed E-state index contributed by atoms with van der Waals surface area (Å²) in [5.74, 6) is 1.21. The average Bonchev–Trinajstić information content (AvgIpc) is 3.70. The van der Waals surface area contributed by atoms with Crippen LogP contribution in [0.1, 0.15) is 56.9 Å². The molecule has 2 aromatic carbocycles. The van der Waals surface area contributed by atoms with Gasteiger partial charge in [-0.1, -0.05) is 62.4 Å². The molecule has 0 unspecified atom stereocenters. The van der Waals surface area contributed by atoms with E-state index in [1.54, 1.807) is 7.11 Å². The number of anilines is 1. The summed E-state index contributed by atoms with van der Waals surface area (Å²) in [6, 6.07) is 17.2. The van der Waals surface area contributed by atoms with Crippen molar-refractivity contribution in [1.82, 2.24) is 10.6 Å². The lowest BCUT2D eigenvalue weighted by atomic mass is 9.84. The van der Waals surface area contributed by atoms with E-state index in [4.69, 9.17) is 4.74 Å². The fourth-order valence-electron chi connectivity index (χ4n) is 5.04. The van der Waals surface area contributed by atoms with Crippen molar-refractivity contribution in [3.63, 3.8) is 0 Å². The fourth-order valence-corrected chi connectivity index (χ4v) is 5.04. The van der Waals surface area contributed by atoms with Crippen molar-refractivity contribution < 1.29 is 14.3 Å². The minimum absolute atomic E-state index is 0.00832. The first-order valence-electron chi connectivity index (χ1n) is 12.6. The number of rotatable bonds is 11. The summed E-state index contributed by atoms with van der Waals surface area (Å²) < 4.78 is 5.18. The van der Waals surface area contributed by atoms with Crippen LogP contribution in [0.15, 0.2) is 54.6 Å². The van der Waals surface area contributed by atoms with Crippen LogP contribution in [0, 0.1) is 5.92 Å². The van der Waals surface area contributed by atoms with Crippen molar-refractivity contribution in [1.29, 1.82) is 0 Å². The van der Waals surface area contributed by atoms with Gasteiger partial charge in [-0.25, -0.2) is 0 Å². The van der Waals surface area contributed by atoms with E-state index in [1.165, 1.54) is 19.3 Å². The number of methoxy groups -OCH3 is 1. The zero-order valence-electron chi connectivity index (χ0n) is 20.1. The number of nitrogens with one attached hydrogen (secondary N) is 3. The van der Waals surface area contributed by atoms with Gasteiger partial charge in [0.2, 0.25) is 11.8 Å². The molecule has 182 valence electrons. The molecule has 0 spiro atoms. The molecule has 2 saturated carbocycles. The molecule has 0 bridgehead atoms. The molecule has 1 atom stereocenters. The maximum atomic E-state index is 13.3. The zero-order valence-corrected chi connectivity index (χ0v) is 20.1. The molecule has 3 N–H and O–H groups in total. The van der Waals surface area contributed by atoms with Gasteiger partial charge in [0, 0.05) is 18.8 Å². The van der Waals surface area contributed by atoms with Crippen LogP contribution in [0.5, 0.6) is 5.75 Å². The summed E-state index contributed by atoms with van der Waals surface area (Å²) in [5.41, 5.74) is 1.55. The summed E-state index contributed by atoms with van der Waals surface area (Å²) in [4.78, 5) is 26.5. The topological polar surface area (TPSA) is 79.5 Å². The van der Waals surface area contributed by atoms with Crippen LogP contribution in [-0.2, 0) is 15.0 Å². The molecule has 0 aromatic heterocycles. The predicted octanol–water partition coefficient (Wildman–Crippen LogP) is 4.41. The standard InChI is InChI=1S/C28H37N3O3/c1-34-24-14-12-23(13-15-24)29-18-19-30-26(32)25(20-21-8-4-2-5-9-21)31-27(33)28(16-17-28)22-10-6-3-7-11-22/h3,6-7,10-15,21,25,29H,2,4-5,8-9,16-20H2,1H3,(H,30,32)(H,31,33)/t25-/m0/s1. The molecule has 6 heteroatoms. The van der Waals surface area contributed by atoms with E-state index in [1.807, 2.05) is 54.6 Å². The van der Waals surface area contributed by atoms with Gasteiger partial charge in [-0.05, 0) is 55.0 Å². The first kappa shape index (κ1) is 24.1. The Hall–Kier alpha value is -3.02. The molecule has 0 radical (unpaired) electrons. The van der Waals surface area contributed by atoms with Gasteiger partial charge in [0.1, 0.15) is 11.8 Å². The summed E-state index contributed by atoms with van der Waals surface area (Å²) in [6.45, 7) is 1.10. The maximum Gasteiger partial charge on any atom is 0.242 e. The molecule has 2 aliphatic carbocycles. The number of carbonyl (C=O) groups excluding carboxylic acids is 2. The number of carbonyl (C=O) groups is 2. The van der Waals surface area contributed by atoms with E-state index in [-0.39, 0.29) is 11.8 Å². The molecule has 6 nitrogen and oxygen atoms in total. The highest BCUT2D eigenvalue weighted by atomic mass is 16.5. The van der Waals surface area contributed by atoms with Crippen LogP contribution in [-0.4, -0.2) is 38.1 Å². The molecule has 2 amide bonds. The van der Waals surface area contributed by atoms with Crippen molar-refractivity contribution in [3.05, 3.63) is 60.2 Å². The van der Waals surface area contributed by atoms with Gasteiger partial charge in [-0.2, -0.15) is 0 Å². The second kappa shape index (κ2) is 11.4. The number of hydrogen-bond acceptors (Lipinski definition) is 4. The Labute approximate surface area is 202 Å². The molecule has 0 heterocycles. The van der Waals surface area contributed by atoms with Crippen LogP contribution in [0.25, 0.3) is 0 Å². The molecule has 2 fully saturated rings. The molecular weight excluding hydrogens is 426 g/mol. The summed E-state index contributed by atoms with van der Waals surface area (Å²) in [5, 5.41) is 9.50. The lowest BCUT2D eigenvalue weighted by molar-refractivity contribution is -0.130. The Bertz CT molecular complexity index is 935. The van der Waals surface area contributed by atoms with Gasteiger partial charge < -0.3 is 20.7 Å². The Kier molecular flexibility index (Phi) is 8.09. The highest BCUT2D eigenvalue weighted by Crippen LogP contribution is 2.48. The van der Waals surface area contributed by atoms with E-state index in [9.17, 15) is 9.59 Å². The third-order valence-electron chi connectivity index (χ3n) is 7.27. The molecule has 2 aliphatic rings. The van der Waals surface area contributed by atoms with Crippen LogP contribution in [0.3, 0.4) is 0 Å². The molecule has 34 heavy (non-hydrogen) atoms. The monoisotopic (exact) mass is 463 g/mol. The number of hydrogen-bond donors (Lipinski definition) is 3.